The minimum Gasteiger partial charge on any atom is -0.381 e. The average molecular weight is 268 g/mol. The highest BCUT2D eigenvalue weighted by Crippen LogP contribution is 2.34. The number of carbonyl (C=O) groups is 1. The van der Waals surface area contributed by atoms with Gasteiger partial charge in [0.15, 0.2) is 5.78 Å². The van der Waals surface area contributed by atoms with Crippen LogP contribution in [0.5, 0.6) is 0 Å². The number of ketones is 1. The predicted molar refractivity (Wildman–Crippen MR) is 73.7 cm³/mol. The van der Waals surface area contributed by atoms with Gasteiger partial charge in [-0.2, -0.15) is 0 Å². The van der Waals surface area contributed by atoms with E-state index >= 15 is 0 Å². The summed E-state index contributed by atoms with van der Waals surface area (Å²) in [7, 11) is 0. The van der Waals surface area contributed by atoms with E-state index in [9.17, 15) is 9.90 Å². The average Bonchev–Trinajstić information content (AvgIpc) is 2.34. The molecule has 0 aliphatic heterocycles. The first kappa shape index (κ1) is 16.1. The lowest BCUT2D eigenvalue weighted by Crippen LogP contribution is -2.46. The molecular formula is C15H24O4. The molecule has 0 heterocycles. The minimum atomic E-state index is -1.28. The second-order valence-corrected chi connectivity index (χ2v) is 5.70. The monoisotopic (exact) mass is 268 g/mol. The van der Waals surface area contributed by atoms with Crippen molar-refractivity contribution in [1.29, 1.82) is 0 Å². The molecule has 0 unspecified atom stereocenters. The van der Waals surface area contributed by atoms with Crippen molar-refractivity contribution in [2.24, 2.45) is 5.92 Å². The molecule has 0 fully saturated rings. The van der Waals surface area contributed by atoms with Crippen molar-refractivity contribution >= 4 is 5.78 Å². The first-order chi connectivity index (χ1) is 8.81. The number of allylic oxidation sites excluding steroid dienone is 1. The molecule has 0 bridgehead atoms. The normalized spacial score (nSPS) is 26.8. The highest BCUT2D eigenvalue weighted by atomic mass is 17.1. The third-order valence-corrected chi connectivity index (χ3v) is 4.06. The van der Waals surface area contributed by atoms with Crippen LogP contribution in [0.3, 0.4) is 0 Å². The zero-order chi connectivity index (χ0) is 14.6. The van der Waals surface area contributed by atoms with Crippen LogP contribution in [0.1, 0.15) is 46.5 Å². The summed E-state index contributed by atoms with van der Waals surface area (Å²) in [5, 5.41) is 19.3. The Kier molecular flexibility index (Phi) is 5.47. The van der Waals surface area contributed by atoms with Crippen molar-refractivity contribution in [3.63, 3.8) is 0 Å². The third-order valence-electron chi connectivity index (χ3n) is 4.06. The molecule has 1 aliphatic rings. The van der Waals surface area contributed by atoms with Crippen molar-refractivity contribution in [3.05, 3.63) is 23.8 Å². The number of aliphatic hydroxyl groups is 1. The summed E-state index contributed by atoms with van der Waals surface area (Å²) in [6.45, 7) is 9.27. The molecule has 4 nitrogen and oxygen atoms in total. The van der Waals surface area contributed by atoms with Crippen molar-refractivity contribution in [2.45, 2.75) is 58.2 Å². The van der Waals surface area contributed by atoms with E-state index in [0.29, 0.717) is 19.3 Å². The molecule has 3 atom stereocenters. The van der Waals surface area contributed by atoms with Crippen molar-refractivity contribution < 1.29 is 20.0 Å². The molecule has 0 spiro atoms. The highest BCUT2D eigenvalue weighted by Gasteiger charge is 2.41. The van der Waals surface area contributed by atoms with Crippen LogP contribution in [-0.4, -0.2) is 27.9 Å². The maximum atomic E-state index is 12.0. The van der Waals surface area contributed by atoms with E-state index < -0.39 is 11.7 Å². The van der Waals surface area contributed by atoms with Crippen LogP contribution in [0.25, 0.3) is 0 Å². The highest BCUT2D eigenvalue weighted by molar-refractivity contribution is 5.98. The summed E-state index contributed by atoms with van der Waals surface area (Å²) in [6, 6.07) is 0. The Balaban J connectivity index is 2.65. The fraction of sp³-hybridized carbons (Fsp3) is 0.667. The Hall–Kier alpha value is -0.970. The Morgan fingerprint density at radius 2 is 2.21 bits per heavy atom. The SMILES string of the molecule is C=C(C)[C@@H](CC[C@@H](C)[C@]1(O)CCC(C)=CC1=O)OO. The molecule has 108 valence electrons. The van der Waals surface area contributed by atoms with Gasteiger partial charge >= 0.3 is 0 Å². The number of carbonyl (C=O) groups excluding carboxylic acids is 1. The van der Waals surface area contributed by atoms with Gasteiger partial charge in [0.2, 0.25) is 0 Å². The lowest BCUT2D eigenvalue weighted by Gasteiger charge is -2.35. The van der Waals surface area contributed by atoms with Gasteiger partial charge in [0.1, 0.15) is 11.7 Å². The molecule has 0 aromatic carbocycles. The first-order valence-electron chi connectivity index (χ1n) is 6.71. The topological polar surface area (TPSA) is 66.8 Å². The van der Waals surface area contributed by atoms with Crippen LogP contribution >= 0.6 is 0 Å². The fourth-order valence-corrected chi connectivity index (χ4v) is 2.45. The molecule has 1 rings (SSSR count). The molecule has 0 aromatic rings. The second kappa shape index (κ2) is 6.46. The van der Waals surface area contributed by atoms with Crippen LogP contribution < -0.4 is 0 Å². The molecule has 0 aromatic heterocycles. The first-order valence-corrected chi connectivity index (χ1v) is 6.71. The summed E-state index contributed by atoms with van der Waals surface area (Å²) in [4.78, 5) is 16.3. The second-order valence-electron chi connectivity index (χ2n) is 5.70. The lowest BCUT2D eigenvalue weighted by molar-refractivity contribution is -0.270. The van der Waals surface area contributed by atoms with Crippen LogP contribution in [0.4, 0.5) is 0 Å². The molecule has 2 N–H and O–H groups in total. The maximum Gasteiger partial charge on any atom is 0.187 e. The van der Waals surface area contributed by atoms with Gasteiger partial charge in [-0.25, -0.2) is 4.89 Å². The van der Waals surface area contributed by atoms with Gasteiger partial charge in [-0.3, -0.25) is 10.1 Å². The zero-order valence-electron chi connectivity index (χ0n) is 12.0. The van der Waals surface area contributed by atoms with Gasteiger partial charge in [-0.1, -0.05) is 19.1 Å². The number of hydrogen-bond donors (Lipinski definition) is 2. The van der Waals surface area contributed by atoms with Crippen LogP contribution in [0.2, 0.25) is 0 Å². The molecule has 0 saturated heterocycles. The van der Waals surface area contributed by atoms with Gasteiger partial charge < -0.3 is 5.11 Å². The van der Waals surface area contributed by atoms with E-state index in [1.165, 1.54) is 0 Å². The maximum absolute atomic E-state index is 12.0. The van der Waals surface area contributed by atoms with Gasteiger partial charge in [0.05, 0.1) is 0 Å². The fourth-order valence-electron chi connectivity index (χ4n) is 2.45. The van der Waals surface area contributed by atoms with E-state index in [0.717, 1.165) is 17.6 Å². The van der Waals surface area contributed by atoms with E-state index in [4.69, 9.17) is 5.26 Å². The molecule has 19 heavy (non-hydrogen) atoms. The number of hydrogen-bond acceptors (Lipinski definition) is 4. The Morgan fingerprint density at radius 1 is 1.58 bits per heavy atom. The summed E-state index contributed by atoms with van der Waals surface area (Å²) in [6.07, 6.45) is 3.43. The van der Waals surface area contributed by atoms with E-state index in [1.54, 1.807) is 13.0 Å². The smallest absolute Gasteiger partial charge is 0.187 e. The summed E-state index contributed by atoms with van der Waals surface area (Å²) in [5.41, 5.74) is 0.460. The van der Waals surface area contributed by atoms with Crippen molar-refractivity contribution in [3.8, 4) is 0 Å². The molecule has 4 heteroatoms. The van der Waals surface area contributed by atoms with Crippen molar-refractivity contribution in [1.82, 2.24) is 0 Å². The molecular weight excluding hydrogens is 244 g/mol. The van der Waals surface area contributed by atoms with Crippen LogP contribution in [-0.2, 0) is 9.68 Å². The van der Waals surface area contributed by atoms with E-state index in [2.05, 4.69) is 11.5 Å². The lowest BCUT2D eigenvalue weighted by atomic mass is 9.74. The third kappa shape index (κ3) is 3.75. The van der Waals surface area contributed by atoms with Gasteiger partial charge in [0.25, 0.3) is 0 Å². The minimum absolute atomic E-state index is 0.179. The molecule has 0 saturated carbocycles. The summed E-state index contributed by atoms with van der Waals surface area (Å²) in [5.74, 6) is -0.387. The zero-order valence-corrected chi connectivity index (χ0v) is 12.0. The largest absolute Gasteiger partial charge is 0.381 e. The van der Waals surface area contributed by atoms with Gasteiger partial charge in [0, 0.05) is 0 Å². The van der Waals surface area contributed by atoms with E-state index in [-0.39, 0.29) is 11.7 Å². The predicted octanol–water partition coefficient (Wildman–Crippen LogP) is 2.88. The summed E-state index contributed by atoms with van der Waals surface area (Å²) >= 11 is 0. The van der Waals surface area contributed by atoms with Gasteiger partial charge in [-0.05, 0) is 57.1 Å². The van der Waals surface area contributed by atoms with E-state index in [1.807, 2.05) is 13.8 Å². The van der Waals surface area contributed by atoms with Gasteiger partial charge in [-0.15, -0.1) is 0 Å². The molecule has 0 radical (unpaired) electrons. The molecule has 0 amide bonds. The van der Waals surface area contributed by atoms with Crippen molar-refractivity contribution in [2.75, 3.05) is 0 Å². The standard InChI is InChI=1S/C15H24O4/c1-10(2)13(19-18)6-5-12(4)15(17)8-7-11(3)9-14(15)16/h9,12-13,17-18H,1,5-8H2,2-4H3/t12-,13-,15-/m1/s1. The van der Waals surface area contributed by atoms with Crippen LogP contribution in [0, 0.1) is 5.92 Å². The Labute approximate surface area is 114 Å². The summed E-state index contributed by atoms with van der Waals surface area (Å²) < 4.78 is 0. The molecule has 1 aliphatic carbocycles. The van der Waals surface area contributed by atoms with Crippen LogP contribution in [0.15, 0.2) is 23.8 Å². The quantitative estimate of drug-likeness (QED) is 0.441. The Morgan fingerprint density at radius 3 is 2.68 bits per heavy atom. The Bertz CT molecular complexity index is 386. The number of rotatable bonds is 6.